The Morgan fingerprint density at radius 2 is 1.86 bits per heavy atom. The number of aromatic nitrogens is 2. The lowest BCUT2D eigenvalue weighted by atomic mass is 10.0. The first-order valence-electron chi connectivity index (χ1n) is 8.69. The molecule has 0 spiro atoms. The van der Waals surface area contributed by atoms with Crippen LogP contribution in [-0.2, 0) is 6.54 Å². The summed E-state index contributed by atoms with van der Waals surface area (Å²) in [5.41, 5.74) is 2.55. The van der Waals surface area contributed by atoms with Gasteiger partial charge in [-0.25, -0.2) is 4.98 Å². The lowest BCUT2D eigenvalue weighted by Gasteiger charge is -2.12. The van der Waals surface area contributed by atoms with Gasteiger partial charge in [-0.3, -0.25) is 9.78 Å². The minimum absolute atomic E-state index is 0.0629. The monoisotopic (exact) mass is 389 g/mol. The summed E-state index contributed by atoms with van der Waals surface area (Å²) in [5.74, 6) is -0.721. The van der Waals surface area contributed by atoms with Gasteiger partial charge in [0, 0.05) is 28.7 Å². The third-order valence-corrected chi connectivity index (χ3v) is 4.57. The van der Waals surface area contributed by atoms with Crippen molar-refractivity contribution < 1.29 is 9.90 Å². The van der Waals surface area contributed by atoms with Gasteiger partial charge in [-0.05, 0) is 29.8 Å². The molecule has 0 fully saturated rings. The van der Waals surface area contributed by atoms with Crippen LogP contribution in [-0.4, -0.2) is 21.0 Å². The summed E-state index contributed by atoms with van der Waals surface area (Å²) in [6.07, 6.45) is 1.57. The number of nitrogens with zero attached hydrogens (tertiary/aromatic N) is 2. The van der Waals surface area contributed by atoms with E-state index in [0.29, 0.717) is 21.6 Å². The summed E-state index contributed by atoms with van der Waals surface area (Å²) in [6, 6.07) is 20.3. The van der Waals surface area contributed by atoms with Gasteiger partial charge in [0.05, 0.1) is 5.69 Å². The Morgan fingerprint density at radius 3 is 2.64 bits per heavy atom. The van der Waals surface area contributed by atoms with Crippen LogP contribution in [0.5, 0.6) is 5.75 Å². The number of fused-ring (bicyclic) bond motifs is 1. The van der Waals surface area contributed by atoms with Crippen LogP contribution in [0.1, 0.15) is 16.1 Å². The van der Waals surface area contributed by atoms with Crippen LogP contribution in [0.15, 0.2) is 72.9 Å². The second-order valence-electron chi connectivity index (χ2n) is 6.24. The first-order valence-corrected chi connectivity index (χ1v) is 9.07. The average Bonchev–Trinajstić information content (AvgIpc) is 2.73. The molecular formula is C22H16ClN3O2. The molecule has 2 aromatic heterocycles. The smallest absolute Gasteiger partial charge is 0.274 e. The Morgan fingerprint density at radius 1 is 1.04 bits per heavy atom. The molecule has 138 valence electrons. The number of nitrogens with one attached hydrogen (secondary N) is 1. The molecule has 0 radical (unpaired) electrons. The summed E-state index contributed by atoms with van der Waals surface area (Å²) in [4.78, 5) is 21.5. The van der Waals surface area contributed by atoms with Crippen LogP contribution < -0.4 is 5.32 Å². The molecule has 0 saturated heterocycles. The fourth-order valence-electron chi connectivity index (χ4n) is 3.01. The molecule has 0 saturated carbocycles. The Hall–Kier alpha value is -3.44. The lowest BCUT2D eigenvalue weighted by molar-refractivity contribution is 0.0943. The molecule has 0 bridgehead atoms. The highest BCUT2D eigenvalue weighted by atomic mass is 35.5. The maximum atomic E-state index is 12.8. The van der Waals surface area contributed by atoms with Crippen molar-refractivity contribution in [2.24, 2.45) is 0 Å². The highest BCUT2D eigenvalue weighted by Crippen LogP contribution is 2.33. The largest absolute Gasteiger partial charge is 0.504 e. The zero-order valence-electron chi connectivity index (χ0n) is 14.8. The van der Waals surface area contributed by atoms with E-state index in [4.69, 9.17) is 11.6 Å². The van der Waals surface area contributed by atoms with Crippen LogP contribution in [0.25, 0.3) is 22.2 Å². The quantitative estimate of drug-likeness (QED) is 0.535. The molecule has 6 heteroatoms. The maximum absolute atomic E-state index is 12.8. The van der Waals surface area contributed by atoms with E-state index >= 15 is 0 Å². The Kier molecular flexibility index (Phi) is 4.91. The number of hydrogen-bond donors (Lipinski definition) is 2. The number of benzene rings is 2. The summed E-state index contributed by atoms with van der Waals surface area (Å²) in [6.45, 7) is 0.265. The van der Waals surface area contributed by atoms with Gasteiger partial charge in [-0.1, -0.05) is 54.1 Å². The van der Waals surface area contributed by atoms with Crippen LogP contribution >= 0.6 is 11.6 Å². The number of halogens is 1. The van der Waals surface area contributed by atoms with Crippen LogP contribution in [0, 0.1) is 0 Å². The van der Waals surface area contributed by atoms with Crippen molar-refractivity contribution in [3.8, 4) is 17.0 Å². The van der Waals surface area contributed by atoms with E-state index in [2.05, 4.69) is 15.3 Å². The molecule has 0 atom stereocenters. The molecule has 2 heterocycles. The number of carbonyl (C=O) groups excluding carboxylic acids is 1. The molecule has 2 N–H and O–H groups in total. The van der Waals surface area contributed by atoms with E-state index < -0.39 is 5.91 Å². The second kappa shape index (κ2) is 7.66. The fraction of sp³-hybridized carbons (Fsp3) is 0.0455. The van der Waals surface area contributed by atoms with Crippen molar-refractivity contribution in [1.29, 1.82) is 0 Å². The molecule has 4 aromatic rings. The van der Waals surface area contributed by atoms with E-state index in [-0.39, 0.29) is 18.0 Å². The zero-order valence-corrected chi connectivity index (χ0v) is 15.5. The Labute approximate surface area is 166 Å². The first-order chi connectivity index (χ1) is 13.6. The molecule has 0 aliphatic heterocycles. The number of aromatic hydroxyl groups is 1. The fourth-order valence-corrected chi connectivity index (χ4v) is 3.22. The first kappa shape index (κ1) is 17.9. The van der Waals surface area contributed by atoms with Crippen molar-refractivity contribution in [3.63, 3.8) is 0 Å². The predicted molar refractivity (Wildman–Crippen MR) is 109 cm³/mol. The highest BCUT2D eigenvalue weighted by molar-refractivity contribution is 6.30. The summed E-state index contributed by atoms with van der Waals surface area (Å²) < 4.78 is 0. The zero-order chi connectivity index (χ0) is 19.5. The maximum Gasteiger partial charge on any atom is 0.274 e. The molecular weight excluding hydrogens is 374 g/mol. The summed E-state index contributed by atoms with van der Waals surface area (Å²) in [7, 11) is 0. The van der Waals surface area contributed by atoms with Crippen LogP contribution in [0.2, 0.25) is 5.02 Å². The molecule has 0 aliphatic rings. The summed E-state index contributed by atoms with van der Waals surface area (Å²) in [5, 5.41) is 14.7. The predicted octanol–water partition coefficient (Wildman–Crippen LogP) is 4.59. The number of carbonyl (C=O) groups is 1. The van der Waals surface area contributed by atoms with Gasteiger partial charge in [0.1, 0.15) is 5.52 Å². The number of amides is 1. The molecule has 2 aromatic carbocycles. The lowest BCUT2D eigenvalue weighted by Crippen LogP contribution is -2.24. The topological polar surface area (TPSA) is 75.1 Å². The normalized spacial score (nSPS) is 10.8. The SMILES string of the molecule is O=C(NCc1cccc(Cl)c1)c1nc(-c2ccccc2)c2cccnc2c1O. The van der Waals surface area contributed by atoms with Crippen molar-refractivity contribution in [2.75, 3.05) is 0 Å². The highest BCUT2D eigenvalue weighted by Gasteiger charge is 2.20. The molecule has 0 aliphatic carbocycles. The Bertz CT molecular complexity index is 1160. The minimum Gasteiger partial charge on any atom is -0.504 e. The van der Waals surface area contributed by atoms with E-state index in [9.17, 15) is 9.90 Å². The van der Waals surface area contributed by atoms with E-state index in [1.165, 1.54) is 0 Å². The van der Waals surface area contributed by atoms with Crippen molar-refractivity contribution in [1.82, 2.24) is 15.3 Å². The molecule has 4 rings (SSSR count). The third-order valence-electron chi connectivity index (χ3n) is 4.34. The number of rotatable bonds is 4. The van der Waals surface area contributed by atoms with Gasteiger partial charge in [-0.2, -0.15) is 0 Å². The van der Waals surface area contributed by atoms with Crippen LogP contribution in [0.3, 0.4) is 0 Å². The van der Waals surface area contributed by atoms with Crippen molar-refractivity contribution in [2.45, 2.75) is 6.54 Å². The third kappa shape index (κ3) is 3.52. The van der Waals surface area contributed by atoms with Crippen molar-refractivity contribution >= 4 is 28.4 Å². The van der Waals surface area contributed by atoms with E-state index in [1.54, 1.807) is 24.4 Å². The molecule has 5 nitrogen and oxygen atoms in total. The van der Waals surface area contributed by atoms with Gasteiger partial charge >= 0.3 is 0 Å². The standard InChI is InChI=1S/C22H16ClN3O2/c23-16-9-4-6-14(12-16)13-25-22(28)20-21(27)19-17(10-5-11-24-19)18(26-20)15-7-2-1-3-8-15/h1-12,27H,13H2,(H,25,28). The number of pyridine rings is 2. The van der Waals surface area contributed by atoms with Gasteiger partial charge in [-0.15, -0.1) is 0 Å². The van der Waals surface area contributed by atoms with Crippen LogP contribution in [0.4, 0.5) is 0 Å². The van der Waals surface area contributed by atoms with E-state index in [0.717, 1.165) is 11.1 Å². The van der Waals surface area contributed by atoms with Gasteiger partial charge in [0.15, 0.2) is 11.4 Å². The van der Waals surface area contributed by atoms with Crippen molar-refractivity contribution in [3.05, 3.63) is 89.2 Å². The van der Waals surface area contributed by atoms with Gasteiger partial charge in [0.25, 0.3) is 5.91 Å². The average molecular weight is 390 g/mol. The molecule has 1 amide bonds. The Balaban J connectivity index is 1.74. The minimum atomic E-state index is -0.484. The summed E-state index contributed by atoms with van der Waals surface area (Å²) >= 11 is 5.98. The molecule has 0 unspecified atom stereocenters. The van der Waals surface area contributed by atoms with Gasteiger partial charge in [0.2, 0.25) is 0 Å². The van der Waals surface area contributed by atoms with E-state index in [1.807, 2.05) is 48.5 Å². The number of hydrogen-bond acceptors (Lipinski definition) is 4. The van der Waals surface area contributed by atoms with Gasteiger partial charge < -0.3 is 10.4 Å². The molecule has 28 heavy (non-hydrogen) atoms. The second-order valence-corrected chi connectivity index (χ2v) is 6.67.